The summed E-state index contributed by atoms with van der Waals surface area (Å²) in [5.74, 6) is 0.607. The molecule has 1 saturated carbocycles. The lowest BCUT2D eigenvalue weighted by molar-refractivity contribution is -0.0390. The molecule has 2 N–H and O–H groups in total. The van der Waals surface area contributed by atoms with E-state index in [2.05, 4.69) is 39.9 Å². The van der Waals surface area contributed by atoms with Gasteiger partial charge in [0.05, 0.1) is 12.7 Å². The molecule has 1 aliphatic carbocycles. The number of hydrogen-bond donors (Lipinski definition) is 2. The van der Waals surface area contributed by atoms with Crippen molar-refractivity contribution >= 4 is 5.96 Å². The summed E-state index contributed by atoms with van der Waals surface area (Å²) in [7, 11) is 1.76. The van der Waals surface area contributed by atoms with Gasteiger partial charge in [-0.05, 0) is 48.4 Å². The van der Waals surface area contributed by atoms with Crippen LogP contribution in [-0.2, 0) is 28.0 Å². The molecular formula is C25H32FN3O2. The van der Waals surface area contributed by atoms with Crippen LogP contribution in [0.4, 0.5) is 4.39 Å². The number of nitrogens with one attached hydrogen (secondary N) is 2. The predicted octanol–water partition coefficient (Wildman–Crippen LogP) is 3.92. The molecule has 2 aromatic carbocycles. The smallest absolute Gasteiger partial charge is 0.191 e. The Balaban J connectivity index is 1.26. The minimum atomic E-state index is -0.121. The second-order valence-corrected chi connectivity index (χ2v) is 8.48. The van der Waals surface area contributed by atoms with Crippen molar-refractivity contribution in [3.8, 4) is 0 Å². The number of rotatable bonds is 8. The van der Waals surface area contributed by atoms with E-state index in [1.165, 1.54) is 11.1 Å². The van der Waals surface area contributed by atoms with Gasteiger partial charge in [-0.25, -0.2) is 4.39 Å². The standard InChI is InChI=1S/C25H32FN3O2/c1-27-24(29-18-25(11-12-25)22-7-2-3-8-23(22)26)28-16-19-5-4-6-20(15-19)17-31-21-9-13-30-14-10-21/h2-8,15,21H,9-14,16-18H2,1H3,(H2,27,28,29). The van der Waals surface area contributed by atoms with Gasteiger partial charge in [-0.1, -0.05) is 42.5 Å². The minimum absolute atomic E-state index is 0.121. The Morgan fingerprint density at radius 3 is 2.61 bits per heavy atom. The van der Waals surface area contributed by atoms with Crippen LogP contribution in [0.1, 0.15) is 42.4 Å². The first-order valence-corrected chi connectivity index (χ1v) is 11.2. The zero-order valence-corrected chi connectivity index (χ0v) is 18.2. The third kappa shape index (κ3) is 5.83. The van der Waals surface area contributed by atoms with Crippen molar-refractivity contribution in [1.29, 1.82) is 0 Å². The molecule has 1 heterocycles. The van der Waals surface area contributed by atoms with Crippen LogP contribution in [0.5, 0.6) is 0 Å². The van der Waals surface area contributed by atoms with Gasteiger partial charge in [0, 0.05) is 38.8 Å². The lowest BCUT2D eigenvalue weighted by atomic mass is 9.95. The maximum absolute atomic E-state index is 14.2. The minimum Gasteiger partial charge on any atom is -0.381 e. The third-order valence-electron chi connectivity index (χ3n) is 6.22. The average Bonchev–Trinajstić information content (AvgIpc) is 3.60. The van der Waals surface area contributed by atoms with Crippen molar-refractivity contribution in [1.82, 2.24) is 10.6 Å². The summed E-state index contributed by atoms with van der Waals surface area (Å²) < 4.78 is 25.7. The highest BCUT2D eigenvalue weighted by atomic mass is 19.1. The van der Waals surface area contributed by atoms with Crippen LogP contribution in [0.15, 0.2) is 53.5 Å². The molecule has 1 saturated heterocycles. The number of halogens is 1. The largest absolute Gasteiger partial charge is 0.381 e. The fourth-order valence-corrected chi connectivity index (χ4v) is 4.13. The van der Waals surface area contributed by atoms with E-state index in [0.29, 0.717) is 25.8 Å². The highest BCUT2D eigenvalue weighted by Crippen LogP contribution is 2.48. The first kappa shape index (κ1) is 21.8. The van der Waals surface area contributed by atoms with Gasteiger partial charge in [0.15, 0.2) is 5.96 Å². The van der Waals surface area contributed by atoms with E-state index in [-0.39, 0.29) is 11.2 Å². The van der Waals surface area contributed by atoms with Crippen molar-refractivity contribution in [3.63, 3.8) is 0 Å². The molecule has 2 aliphatic rings. The van der Waals surface area contributed by atoms with E-state index >= 15 is 0 Å². The molecular weight excluding hydrogens is 393 g/mol. The molecule has 6 heteroatoms. The summed E-state index contributed by atoms with van der Waals surface area (Å²) in [6.45, 7) is 3.54. The molecule has 166 valence electrons. The molecule has 2 fully saturated rings. The molecule has 1 aliphatic heterocycles. The Kier molecular flexibility index (Phi) is 7.20. The number of ether oxygens (including phenoxy) is 2. The van der Waals surface area contributed by atoms with E-state index in [1.807, 2.05) is 12.1 Å². The SMILES string of the molecule is CN=C(NCc1cccc(COC2CCOCC2)c1)NCC1(c2ccccc2F)CC1. The lowest BCUT2D eigenvalue weighted by Gasteiger charge is -2.22. The molecule has 5 nitrogen and oxygen atoms in total. The molecule has 0 atom stereocenters. The summed E-state index contributed by atoms with van der Waals surface area (Å²) in [5.41, 5.74) is 3.02. The maximum Gasteiger partial charge on any atom is 0.191 e. The van der Waals surface area contributed by atoms with Crippen molar-refractivity contribution in [3.05, 3.63) is 71.0 Å². The predicted molar refractivity (Wildman–Crippen MR) is 121 cm³/mol. The van der Waals surface area contributed by atoms with Crippen LogP contribution in [0.3, 0.4) is 0 Å². The Hall–Kier alpha value is -2.44. The molecule has 31 heavy (non-hydrogen) atoms. The van der Waals surface area contributed by atoms with Crippen LogP contribution in [-0.4, -0.2) is 38.9 Å². The van der Waals surface area contributed by atoms with Gasteiger partial charge >= 0.3 is 0 Å². The molecule has 0 bridgehead atoms. The first-order chi connectivity index (χ1) is 15.2. The molecule has 0 spiro atoms. The number of aliphatic imine (C=N–C) groups is 1. The van der Waals surface area contributed by atoms with E-state index in [0.717, 1.165) is 50.4 Å². The maximum atomic E-state index is 14.2. The van der Waals surface area contributed by atoms with Gasteiger partial charge < -0.3 is 20.1 Å². The van der Waals surface area contributed by atoms with Crippen LogP contribution in [0.25, 0.3) is 0 Å². The fourth-order valence-electron chi connectivity index (χ4n) is 4.13. The number of nitrogens with zero attached hydrogens (tertiary/aromatic N) is 1. The topological polar surface area (TPSA) is 54.9 Å². The summed E-state index contributed by atoms with van der Waals surface area (Å²) in [6.07, 6.45) is 4.22. The Labute approximate surface area is 184 Å². The normalized spacial score (nSPS) is 18.6. The zero-order valence-electron chi connectivity index (χ0n) is 18.2. The summed E-state index contributed by atoms with van der Waals surface area (Å²) in [6, 6.07) is 15.5. The van der Waals surface area contributed by atoms with Gasteiger partial charge in [0.2, 0.25) is 0 Å². The van der Waals surface area contributed by atoms with Crippen molar-refractivity contribution in [2.75, 3.05) is 26.8 Å². The second kappa shape index (κ2) is 10.2. The summed E-state index contributed by atoms with van der Waals surface area (Å²) in [4.78, 5) is 4.33. The zero-order chi connectivity index (χ0) is 21.5. The van der Waals surface area contributed by atoms with Crippen LogP contribution in [0.2, 0.25) is 0 Å². The van der Waals surface area contributed by atoms with Gasteiger partial charge in [-0.15, -0.1) is 0 Å². The Morgan fingerprint density at radius 1 is 1.10 bits per heavy atom. The van der Waals surface area contributed by atoms with Crippen molar-refractivity contribution in [2.24, 2.45) is 4.99 Å². The molecule has 0 aromatic heterocycles. The highest BCUT2D eigenvalue weighted by molar-refractivity contribution is 5.79. The molecule has 2 aromatic rings. The summed E-state index contributed by atoms with van der Waals surface area (Å²) in [5, 5.41) is 6.76. The highest BCUT2D eigenvalue weighted by Gasteiger charge is 2.45. The van der Waals surface area contributed by atoms with Gasteiger partial charge in [-0.3, -0.25) is 4.99 Å². The Bertz CT molecular complexity index is 892. The monoisotopic (exact) mass is 425 g/mol. The molecule has 0 amide bonds. The third-order valence-corrected chi connectivity index (χ3v) is 6.22. The molecule has 0 unspecified atom stereocenters. The quantitative estimate of drug-likeness (QED) is 0.497. The molecule has 4 rings (SSSR count). The van der Waals surface area contributed by atoms with E-state index < -0.39 is 0 Å². The fraction of sp³-hybridized carbons (Fsp3) is 0.480. The van der Waals surface area contributed by atoms with E-state index in [9.17, 15) is 4.39 Å². The van der Waals surface area contributed by atoms with Crippen molar-refractivity contribution < 1.29 is 13.9 Å². The Morgan fingerprint density at radius 2 is 1.87 bits per heavy atom. The van der Waals surface area contributed by atoms with Crippen LogP contribution < -0.4 is 10.6 Å². The number of hydrogen-bond acceptors (Lipinski definition) is 3. The van der Waals surface area contributed by atoms with Crippen LogP contribution >= 0.6 is 0 Å². The number of guanidine groups is 1. The van der Waals surface area contributed by atoms with E-state index in [1.54, 1.807) is 19.2 Å². The van der Waals surface area contributed by atoms with Gasteiger partial charge in [0.25, 0.3) is 0 Å². The number of benzene rings is 2. The first-order valence-electron chi connectivity index (χ1n) is 11.2. The van der Waals surface area contributed by atoms with Gasteiger partial charge in [-0.2, -0.15) is 0 Å². The lowest BCUT2D eigenvalue weighted by Crippen LogP contribution is -2.41. The summed E-state index contributed by atoms with van der Waals surface area (Å²) >= 11 is 0. The molecule has 0 radical (unpaired) electrons. The van der Waals surface area contributed by atoms with Gasteiger partial charge in [0.1, 0.15) is 5.82 Å². The average molecular weight is 426 g/mol. The second-order valence-electron chi connectivity index (χ2n) is 8.48. The van der Waals surface area contributed by atoms with E-state index in [4.69, 9.17) is 9.47 Å². The van der Waals surface area contributed by atoms with Crippen LogP contribution in [0, 0.1) is 5.82 Å². The van der Waals surface area contributed by atoms with Crippen molar-refractivity contribution in [2.45, 2.75) is 50.4 Å².